The molecule has 2 heterocycles. The molecule has 47 heavy (non-hydrogen) atoms. The minimum absolute atomic E-state index is 0.209. The van der Waals surface area contributed by atoms with Gasteiger partial charge in [-0.05, 0) is 97.8 Å². The second kappa shape index (κ2) is 11.4. The predicted octanol–water partition coefficient (Wildman–Crippen LogP) is 11.3. The van der Waals surface area contributed by atoms with Gasteiger partial charge >= 0.3 is 0 Å². The van der Waals surface area contributed by atoms with E-state index in [0.29, 0.717) is 0 Å². The monoisotopic (exact) mass is 607 g/mol. The zero-order valence-electron chi connectivity index (χ0n) is 27.5. The number of pyridine rings is 1. The van der Waals surface area contributed by atoms with Crippen LogP contribution in [0.25, 0.3) is 55.8 Å². The Morgan fingerprint density at radius 3 is 1.91 bits per heavy atom. The molecule has 0 radical (unpaired) electrons. The molecule has 0 bridgehead atoms. The maximum Gasteiger partial charge on any atom is 0.0973 e. The zero-order valence-corrected chi connectivity index (χ0v) is 27.5. The summed E-state index contributed by atoms with van der Waals surface area (Å²) in [4.78, 5) is 15.0. The maximum absolute atomic E-state index is 5.44. The van der Waals surface area contributed by atoms with Crippen molar-refractivity contribution in [3.8, 4) is 44.8 Å². The molecule has 0 saturated heterocycles. The van der Waals surface area contributed by atoms with Crippen molar-refractivity contribution in [1.29, 1.82) is 0 Å². The zero-order chi connectivity index (χ0) is 32.2. The van der Waals surface area contributed by atoms with E-state index in [4.69, 9.17) is 9.97 Å². The van der Waals surface area contributed by atoms with E-state index in [1.165, 1.54) is 50.1 Å². The predicted molar refractivity (Wildman–Crippen MR) is 195 cm³/mol. The largest absolute Gasteiger partial charge is 0.265 e. The van der Waals surface area contributed by atoms with Crippen LogP contribution >= 0.6 is 0 Å². The Kier molecular flexibility index (Phi) is 7.06. The summed E-state index contributed by atoms with van der Waals surface area (Å²) in [5, 5.41) is 0. The molecule has 0 fully saturated rings. The fourth-order valence-corrected chi connectivity index (χ4v) is 7.86. The minimum Gasteiger partial charge on any atom is -0.265 e. The normalized spacial score (nSPS) is 18.1. The van der Waals surface area contributed by atoms with Crippen molar-refractivity contribution in [3.63, 3.8) is 0 Å². The first kappa shape index (κ1) is 29.0. The highest BCUT2D eigenvalue weighted by molar-refractivity contribution is 5.92. The Balaban J connectivity index is 1.39. The molecule has 2 unspecified atom stereocenters. The van der Waals surface area contributed by atoms with E-state index in [1.807, 2.05) is 30.6 Å². The van der Waals surface area contributed by atoms with Crippen LogP contribution in [0.5, 0.6) is 0 Å². The quantitative estimate of drug-likeness (QED) is 0.201. The van der Waals surface area contributed by atoms with Crippen molar-refractivity contribution in [2.24, 2.45) is 0 Å². The third-order valence-electron chi connectivity index (χ3n) is 9.73. The van der Waals surface area contributed by atoms with Gasteiger partial charge in [-0.2, -0.15) is 0 Å². The van der Waals surface area contributed by atoms with Gasteiger partial charge in [-0.1, -0.05) is 107 Å². The van der Waals surface area contributed by atoms with E-state index in [2.05, 4.69) is 131 Å². The van der Waals surface area contributed by atoms with Crippen LogP contribution in [-0.4, -0.2) is 15.0 Å². The van der Waals surface area contributed by atoms with Gasteiger partial charge in [-0.25, -0.2) is 9.97 Å². The standard InChI is InChI=1S/C44H37N3/c1-26-19-27(2)22-35-36-23-28(3)21-30(5)42(36)38-24-39-40(25-37(38)41(35)29(4)20-26)47-44(43(46-39)33-9-7-6-8-10-33)34-13-11-31(12-14-34)32-15-17-45-18-16-32/h6-25,35,41H,1-5H3/b26-19?,27-22+,29-20?. The van der Waals surface area contributed by atoms with Crippen molar-refractivity contribution in [3.05, 3.63) is 161 Å². The molecule has 0 aliphatic heterocycles. The lowest BCUT2D eigenvalue weighted by Gasteiger charge is -2.37. The molecule has 2 aromatic heterocycles. The molecule has 228 valence electrons. The molecule has 8 rings (SSSR count). The number of rotatable bonds is 3. The first-order valence-electron chi connectivity index (χ1n) is 16.4. The van der Waals surface area contributed by atoms with Gasteiger partial charge in [0.25, 0.3) is 0 Å². The van der Waals surface area contributed by atoms with Gasteiger partial charge in [0.15, 0.2) is 0 Å². The van der Waals surface area contributed by atoms with Gasteiger partial charge in [-0.15, -0.1) is 0 Å². The highest BCUT2D eigenvalue weighted by atomic mass is 14.8. The first-order chi connectivity index (χ1) is 22.8. The van der Waals surface area contributed by atoms with E-state index in [9.17, 15) is 0 Å². The highest BCUT2D eigenvalue weighted by Gasteiger charge is 2.36. The lowest BCUT2D eigenvalue weighted by atomic mass is 9.66. The third kappa shape index (κ3) is 5.13. The number of aryl methyl sites for hydroxylation is 2. The van der Waals surface area contributed by atoms with E-state index in [-0.39, 0.29) is 11.8 Å². The fourth-order valence-electron chi connectivity index (χ4n) is 7.86. The Bertz CT molecular complexity index is 2270. The molecule has 2 aliphatic carbocycles. The molecule has 2 aliphatic rings. The van der Waals surface area contributed by atoms with E-state index in [0.717, 1.165) is 44.7 Å². The molecular weight excluding hydrogens is 571 g/mol. The number of benzene rings is 4. The Morgan fingerprint density at radius 2 is 1.19 bits per heavy atom. The molecule has 3 heteroatoms. The minimum atomic E-state index is 0.209. The number of aromatic nitrogens is 3. The van der Waals surface area contributed by atoms with Crippen LogP contribution in [0.4, 0.5) is 0 Å². The number of hydrogen-bond acceptors (Lipinski definition) is 3. The second-order valence-corrected chi connectivity index (χ2v) is 13.3. The van der Waals surface area contributed by atoms with Crippen LogP contribution in [0.2, 0.25) is 0 Å². The van der Waals surface area contributed by atoms with Crippen LogP contribution in [-0.2, 0) is 0 Å². The molecule has 0 spiro atoms. The Hall–Kier alpha value is -5.41. The molecule has 6 aromatic rings. The highest BCUT2D eigenvalue weighted by Crippen LogP contribution is 2.53. The van der Waals surface area contributed by atoms with Gasteiger partial charge in [0.1, 0.15) is 0 Å². The van der Waals surface area contributed by atoms with E-state index >= 15 is 0 Å². The average Bonchev–Trinajstić information content (AvgIpc) is 3.07. The first-order valence-corrected chi connectivity index (χ1v) is 16.4. The molecule has 3 nitrogen and oxygen atoms in total. The van der Waals surface area contributed by atoms with Crippen LogP contribution in [0.15, 0.2) is 138 Å². The average molecular weight is 608 g/mol. The molecule has 0 saturated carbocycles. The van der Waals surface area contributed by atoms with Crippen molar-refractivity contribution in [1.82, 2.24) is 15.0 Å². The molecule has 4 aromatic carbocycles. The number of allylic oxidation sites excluding steroid dienone is 6. The van der Waals surface area contributed by atoms with Crippen molar-refractivity contribution in [2.75, 3.05) is 0 Å². The van der Waals surface area contributed by atoms with Gasteiger partial charge in [0.05, 0.1) is 22.4 Å². The van der Waals surface area contributed by atoms with Crippen molar-refractivity contribution >= 4 is 11.0 Å². The Labute approximate surface area is 277 Å². The number of fused-ring (bicyclic) bond motifs is 7. The van der Waals surface area contributed by atoms with Crippen LogP contribution in [0, 0.1) is 13.8 Å². The SMILES string of the molecule is CC1=C/C(C)=C/C2c3cc(C)cc(C)c3-c3cc4nc(-c5ccccc5)c(-c5ccc(-c6ccncc6)cc5)nc4cc3C2C(C)=C1. The summed E-state index contributed by atoms with van der Waals surface area (Å²) >= 11 is 0. The summed E-state index contributed by atoms with van der Waals surface area (Å²) in [6, 6.07) is 32.6. The molecule has 0 N–H and O–H groups in total. The topological polar surface area (TPSA) is 38.7 Å². The van der Waals surface area contributed by atoms with Crippen molar-refractivity contribution < 1.29 is 0 Å². The van der Waals surface area contributed by atoms with Gasteiger partial charge in [0, 0.05) is 35.4 Å². The van der Waals surface area contributed by atoms with Crippen LogP contribution < -0.4 is 0 Å². The van der Waals surface area contributed by atoms with E-state index in [1.54, 1.807) is 0 Å². The van der Waals surface area contributed by atoms with Crippen molar-refractivity contribution in [2.45, 2.75) is 46.5 Å². The third-order valence-corrected chi connectivity index (χ3v) is 9.73. The van der Waals surface area contributed by atoms with Gasteiger partial charge in [-0.3, -0.25) is 4.98 Å². The smallest absolute Gasteiger partial charge is 0.0973 e. The van der Waals surface area contributed by atoms with Gasteiger partial charge in [0.2, 0.25) is 0 Å². The van der Waals surface area contributed by atoms with Gasteiger partial charge < -0.3 is 0 Å². The lowest BCUT2D eigenvalue weighted by Crippen LogP contribution is -2.20. The van der Waals surface area contributed by atoms with Crippen LogP contribution in [0.3, 0.4) is 0 Å². The number of nitrogens with zero attached hydrogens (tertiary/aromatic N) is 3. The summed E-state index contributed by atoms with van der Waals surface area (Å²) in [6.07, 6.45) is 10.8. The summed E-state index contributed by atoms with van der Waals surface area (Å²) in [5.74, 6) is 0.450. The fraction of sp³-hybridized carbons (Fsp3) is 0.159. The Morgan fingerprint density at radius 1 is 0.553 bits per heavy atom. The van der Waals surface area contributed by atoms with Crippen LogP contribution in [0.1, 0.15) is 54.9 Å². The van der Waals surface area contributed by atoms with E-state index < -0.39 is 0 Å². The summed E-state index contributed by atoms with van der Waals surface area (Å²) < 4.78 is 0. The molecule has 2 atom stereocenters. The summed E-state index contributed by atoms with van der Waals surface area (Å²) in [7, 11) is 0. The number of hydrogen-bond donors (Lipinski definition) is 0. The molecular formula is C44H37N3. The second-order valence-electron chi connectivity index (χ2n) is 13.3. The summed E-state index contributed by atoms with van der Waals surface area (Å²) in [5.41, 5.74) is 19.9. The summed E-state index contributed by atoms with van der Waals surface area (Å²) in [6.45, 7) is 11.2. The molecule has 0 amide bonds. The maximum atomic E-state index is 5.44. The lowest BCUT2D eigenvalue weighted by molar-refractivity contribution is 0.686.